The molecular weight excluding hydrogens is 260 g/mol. The van der Waals surface area contributed by atoms with Crippen LogP contribution in [0.3, 0.4) is 0 Å². The van der Waals surface area contributed by atoms with Gasteiger partial charge < -0.3 is 5.11 Å². The zero-order chi connectivity index (χ0) is 13.7. The standard InChI is InChI=1S/C16H15ClO2/c17-15-8-6-13(7-9-15)14(11-16(18)19)10-12-4-2-1-3-5-12/h1-9,14H,10-11H2,(H,18,19). The van der Waals surface area contributed by atoms with Gasteiger partial charge in [-0.3, -0.25) is 4.79 Å². The Balaban J connectivity index is 2.20. The molecular formula is C16H15ClO2. The molecule has 0 radical (unpaired) electrons. The lowest BCUT2D eigenvalue weighted by Crippen LogP contribution is -2.09. The molecule has 2 nitrogen and oxygen atoms in total. The van der Waals surface area contributed by atoms with Crippen LogP contribution in [0, 0.1) is 0 Å². The summed E-state index contributed by atoms with van der Waals surface area (Å²) in [6, 6.07) is 17.3. The topological polar surface area (TPSA) is 37.3 Å². The molecule has 0 aliphatic rings. The summed E-state index contributed by atoms with van der Waals surface area (Å²) in [5.41, 5.74) is 2.15. The molecule has 0 saturated heterocycles. The zero-order valence-electron chi connectivity index (χ0n) is 10.4. The van der Waals surface area contributed by atoms with Gasteiger partial charge in [0.15, 0.2) is 0 Å². The van der Waals surface area contributed by atoms with Gasteiger partial charge in [0.05, 0.1) is 6.42 Å². The van der Waals surface area contributed by atoms with E-state index >= 15 is 0 Å². The fourth-order valence-corrected chi connectivity index (χ4v) is 2.28. The van der Waals surface area contributed by atoms with Crippen molar-refractivity contribution >= 4 is 17.6 Å². The molecule has 0 aliphatic carbocycles. The third-order valence-electron chi connectivity index (χ3n) is 3.09. The van der Waals surface area contributed by atoms with Gasteiger partial charge in [0.25, 0.3) is 0 Å². The molecule has 1 N–H and O–H groups in total. The van der Waals surface area contributed by atoms with E-state index < -0.39 is 5.97 Å². The fourth-order valence-electron chi connectivity index (χ4n) is 2.15. The summed E-state index contributed by atoms with van der Waals surface area (Å²) in [4.78, 5) is 11.0. The van der Waals surface area contributed by atoms with Crippen LogP contribution in [0.4, 0.5) is 0 Å². The Morgan fingerprint density at radius 3 is 2.26 bits per heavy atom. The second-order valence-electron chi connectivity index (χ2n) is 4.54. The lowest BCUT2D eigenvalue weighted by Gasteiger charge is -2.15. The van der Waals surface area contributed by atoms with Crippen molar-refractivity contribution in [1.82, 2.24) is 0 Å². The summed E-state index contributed by atoms with van der Waals surface area (Å²) >= 11 is 5.87. The average molecular weight is 275 g/mol. The van der Waals surface area contributed by atoms with Crippen molar-refractivity contribution in [3.63, 3.8) is 0 Å². The molecule has 0 saturated carbocycles. The number of aliphatic carboxylic acids is 1. The largest absolute Gasteiger partial charge is 0.481 e. The molecule has 2 aromatic rings. The molecule has 19 heavy (non-hydrogen) atoms. The van der Waals surface area contributed by atoms with Crippen molar-refractivity contribution in [3.8, 4) is 0 Å². The summed E-state index contributed by atoms with van der Waals surface area (Å²) in [7, 11) is 0. The minimum absolute atomic E-state index is 0.0304. The van der Waals surface area contributed by atoms with Crippen LogP contribution in [0.15, 0.2) is 54.6 Å². The highest BCUT2D eigenvalue weighted by molar-refractivity contribution is 6.30. The molecule has 1 atom stereocenters. The minimum atomic E-state index is -0.782. The number of carbonyl (C=O) groups is 1. The molecule has 0 heterocycles. The normalized spacial score (nSPS) is 12.1. The van der Waals surface area contributed by atoms with Crippen molar-refractivity contribution in [1.29, 1.82) is 0 Å². The lowest BCUT2D eigenvalue weighted by molar-refractivity contribution is -0.137. The van der Waals surface area contributed by atoms with E-state index in [1.807, 2.05) is 42.5 Å². The summed E-state index contributed by atoms with van der Waals surface area (Å²) in [6.07, 6.45) is 0.839. The van der Waals surface area contributed by atoms with Gasteiger partial charge in [-0.15, -0.1) is 0 Å². The first-order valence-electron chi connectivity index (χ1n) is 6.16. The molecule has 0 aliphatic heterocycles. The highest BCUT2D eigenvalue weighted by Gasteiger charge is 2.16. The maximum atomic E-state index is 11.0. The van der Waals surface area contributed by atoms with Crippen LogP contribution in [-0.2, 0) is 11.2 Å². The van der Waals surface area contributed by atoms with Gasteiger partial charge >= 0.3 is 5.97 Å². The molecule has 0 spiro atoms. The van der Waals surface area contributed by atoms with Crippen molar-refractivity contribution < 1.29 is 9.90 Å². The van der Waals surface area contributed by atoms with Crippen LogP contribution >= 0.6 is 11.6 Å². The van der Waals surface area contributed by atoms with E-state index in [0.717, 1.165) is 17.5 Å². The van der Waals surface area contributed by atoms with Crippen molar-refractivity contribution in [2.24, 2.45) is 0 Å². The summed E-state index contributed by atoms with van der Waals surface area (Å²) in [5.74, 6) is -0.812. The van der Waals surface area contributed by atoms with Crippen LogP contribution in [-0.4, -0.2) is 11.1 Å². The second-order valence-corrected chi connectivity index (χ2v) is 4.97. The van der Waals surface area contributed by atoms with Crippen molar-refractivity contribution in [2.75, 3.05) is 0 Å². The molecule has 2 rings (SSSR count). The van der Waals surface area contributed by atoms with E-state index in [1.54, 1.807) is 12.1 Å². The molecule has 0 bridgehead atoms. The monoisotopic (exact) mass is 274 g/mol. The first-order valence-corrected chi connectivity index (χ1v) is 6.54. The van der Waals surface area contributed by atoms with Crippen LogP contribution in [0.5, 0.6) is 0 Å². The van der Waals surface area contributed by atoms with Crippen molar-refractivity contribution in [3.05, 3.63) is 70.7 Å². The number of rotatable bonds is 5. The predicted octanol–water partition coefficient (Wildman–Crippen LogP) is 4.14. The Labute approximate surface area is 117 Å². The smallest absolute Gasteiger partial charge is 0.303 e. The van der Waals surface area contributed by atoms with E-state index in [2.05, 4.69) is 0 Å². The Morgan fingerprint density at radius 1 is 1.05 bits per heavy atom. The summed E-state index contributed by atoms with van der Waals surface area (Å²) < 4.78 is 0. The maximum absolute atomic E-state index is 11.0. The first-order chi connectivity index (χ1) is 9.15. The number of hydrogen-bond acceptors (Lipinski definition) is 1. The molecule has 0 fully saturated rings. The number of carboxylic acids is 1. The Kier molecular flexibility index (Phi) is 4.58. The fraction of sp³-hybridized carbons (Fsp3) is 0.188. The van der Waals surface area contributed by atoms with E-state index in [9.17, 15) is 4.79 Å². The quantitative estimate of drug-likeness (QED) is 0.890. The van der Waals surface area contributed by atoms with E-state index in [4.69, 9.17) is 16.7 Å². The molecule has 3 heteroatoms. The number of benzene rings is 2. The molecule has 2 aromatic carbocycles. The third-order valence-corrected chi connectivity index (χ3v) is 3.34. The first kappa shape index (κ1) is 13.6. The van der Waals surface area contributed by atoms with Gasteiger partial charge in [0, 0.05) is 5.02 Å². The van der Waals surface area contributed by atoms with Crippen LogP contribution < -0.4 is 0 Å². The van der Waals surface area contributed by atoms with Gasteiger partial charge in [0.2, 0.25) is 0 Å². The second kappa shape index (κ2) is 6.39. The van der Waals surface area contributed by atoms with Gasteiger partial charge in [0.1, 0.15) is 0 Å². The van der Waals surface area contributed by atoms with Gasteiger partial charge in [-0.2, -0.15) is 0 Å². The Morgan fingerprint density at radius 2 is 1.68 bits per heavy atom. The molecule has 0 amide bonds. The predicted molar refractivity (Wildman–Crippen MR) is 76.6 cm³/mol. The number of hydrogen-bond donors (Lipinski definition) is 1. The highest BCUT2D eigenvalue weighted by atomic mass is 35.5. The minimum Gasteiger partial charge on any atom is -0.481 e. The maximum Gasteiger partial charge on any atom is 0.303 e. The molecule has 98 valence electrons. The lowest BCUT2D eigenvalue weighted by atomic mass is 9.89. The van der Waals surface area contributed by atoms with Crippen LogP contribution in [0.25, 0.3) is 0 Å². The number of halogens is 1. The average Bonchev–Trinajstić information content (AvgIpc) is 2.39. The van der Waals surface area contributed by atoms with Crippen LogP contribution in [0.2, 0.25) is 5.02 Å². The SMILES string of the molecule is O=C(O)CC(Cc1ccccc1)c1ccc(Cl)cc1. The van der Waals surface area contributed by atoms with E-state index in [1.165, 1.54) is 0 Å². The van der Waals surface area contributed by atoms with Crippen molar-refractivity contribution in [2.45, 2.75) is 18.8 Å². The van der Waals surface area contributed by atoms with Crippen LogP contribution in [0.1, 0.15) is 23.5 Å². The van der Waals surface area contributed by atoms with Gasteiger partial charge in [-0.1, -0.05) is 54.1 Å². The number of carboxylic acid groups (broad SMARTS) is 1. The third kappa shape index (κ3) is 4.11. The van der Waals surface area contributed by atoms with Gasteiger partial charge in [-0.25, -0.2) is 0 Å². The molecule has 1 unspecified atom stereocenters. The summed E-state index contributed by atoms with van der Waals surface area (Å²) in [5, 5.41) is 9.72. The van der Waals surface area contributed by atoms with E-state index in [0.29, 0.717) is 5.02 Å². The Bertz CT molecular complexity index is 534. The Hall–Kier alpha value is -1.80. The van der Waals surface area contributed by atoms with E-state index in [-0.39, 0.29) is 12.3 Å². The molecule has 0 aromatic heterocycles. The summed E-state index contributed by atoms with van der Waals surface area (Å²) in [6.45, 7) is 0. The van der Waals surface area contributed by atoms with Gasteiger partial charge in [-0.05, 0) is 35.6 Å². The highest BCUT2D eigenvalue weighted by Crippen LogP contribution is 2.25. The zero-order valence-corrected chi connectivity index (χ0v) is 11.2.